The average molecular weight is 486 g/mol. The van der Waals surface area contributed by atoms with Gasteiger partial charge in [-0.1, -0.05) is 48.4 Å². The summed E-state index contributed by atoms with van der Waals surface area (Å²) in [6.07, 6.45) is 2.20. The summed E-state index contributed by atoms with van der Waals surface area (Å²) >= 11 is 2.41. The van der Waals surface area contributed by atoms with Gasteiger partial charge in [-0.05, 0) is 49.7 Å². The zero-order valence-electron chi connectivity index (χ0n) is 15.3. The van der Waals surface area contributed by atoms with Crippen molar-refractivity contribution >= 4 is 22.6 Å². The van der Waals surface area contributed by atoms with Gasteiger partial charge in [0.1, 0.15) is 12.3 Å². The number of benzene rings is 1. The number of hydrogen-bond donors (Lipinski definition) is 0. The molecule has 0 amide bonds. The summed E-state index contributed by atoms with van der Waals surface area (Å²) in [5.74, 6) is -3.78. The lowest BCUT2D eigenvalue weighted by atomic mass is 9.74. The predicted octanol–water partition coefficient (Wildman–Crippen LogP) is 6.92. The van der Waals surface area contributed by atoms with Crippen LogP contribution < -0.4 is 4.74 Å². The molecule has 0 aromatic heterocycles. The van der Waals surface area contributed by atoms with E-state index in [1.807, 2.05) is 0 Å². The van der Waals surface area contributed by atoms with Crippen molar-refractivity contribution in [3.05, 3.63) is 29.3 Å². The van der Waals surface area contributed by atoms with E-state index in [2.05, 4.69) is 29.5 Å². The maximum Gasteiger partial charge on any atom is 0.200 e. The van der Waals surface area contributed by atoms with Crippen LogP contribution in [-0.4, -0.2) is 23.4 Å². The molecule has 0 bridgehead atoms. The quantitative estimate of drug-likeness (QED) is 0.220. The Kier molecular flexibility index (Phi) is 8.48. The van der Waals surface area contributed by atoms with Crippen molar-refractivity contribution in [2.45, 2.75) is 74.1 Å². The summed E-state index contributed by atoms with van der Waals surface area (Å²) < 4.78 is 62.8. The van der Waals surface area contributed by atoms with Crippen molar-refractivity contribution in [2.75, 3.05) is 7.11 Å². The van der Waals surface area contributed by atoms with E-state index in [0.29, 0.717) is 23.2 Å². The van der Waals surface area contributed by atoms with Crippen LogP contribution in [0.1, 0.15) is 63.4 Å². The normalized spacial score (nSPS) is 27.3. The zero-order chi connectivity index (χ0) is 19.3. The van der Waals surface area contributed by atoms with Crippen LogP contribution in [-0.2, 0) is 0 Å². The van der Waals surface area contributed by atoms with Gasteiger partial charge >= 0.3 is 0 Å². The molecular weight excluding hydrogens is 459 g/mol. The molecule has 26 heavy (non-hydrogen) atoms. The predicted molar refractivity (Wildman–Crippen MR) is 105 cm³/mol. The van der Waals surface area contributed by atoms with Gasteiger partial charge in [-0.25, -0.2) is 13.2 Å². The Morgan fingerprint density at radius 1 is 1.12 bits per heavy atom. The first-order valence-corrected chi connectivity index (χ1v) is 10.6. The molecule has 148 valence electrons. The summed E-state index contributed by atoms with van der Waals surface area (Å²) in [5.41, 5.74) is -0.0906. The average Bonchev–Trinajstić information content (AvgIpc) is 2.62. The Labute approximate surface area is 167 Å². The topological polar surface area (TPSA) is 9.23 Å². The highest BCUT2D eigenvalue weighted by atomic mass is 127. The summed E-state index contributed by atoms with van der Waals surface area (Å²) in [6.45, 7) is 2.14. The van der Waals surface area contributed by atoms with Crippen molar-refractivity contribution in [2.24, 2.45) is 5.92 Å². The Bertz CT molecular complexity index is 583. The molecule has 1 fully saturated rings. The lowest BCUT2D eigenvalue weighted by Gasteiger charge is -2.35. The second kappa shape index (κ2) is 10.1. The highest BCUT2D eigenvalue weighted by Crippen LogP contribution is 2.43. The van der Waals surface area contributed by atoms with Crippen molar-refractivity contribution < 1.29 is 22.3 Å². The van der Waals surface area contributed by atoms with E-state index < -0.39 is 29.9 Å². The van der Waals surface area contributed by atoms with Gasteiger partial charge < -0.3 is 4.74 Å². The number of alkyl halides is 3. The van der Waals surface area contributed by atoms with Crippen LogP contribution in [0.25, 0.3) is 0 Å². The van der Waals surface area contributed by atoms with Gasteiger partial charge in [-0.15, -0.1) is 0 Å². The molecule has 0 spiro atoms. The van der Waals surface area contributed by atoms with E-state index in [1.54, 1.807) is 0 Å². The van der Waals surface area contributed by atoms with Crippen molar-refractivity contribution in [1.82, 2.24) is 0 Å². The molecule has 1 aliphatic rings. The van der Waals surface area contributed by atoms with Crippen LogP contribution in [0.3, 0.4) is 0 Å². The minimum Gasteiger partial charge on any atom is -0.494 e. The molecule has 1 saturated carbocycles. The summed E-state index contributed by atoms with van der Waals surface area (Å²) in [5, 5.41) is 0. The third-order valence-corrected chi connectivity index (χ3v) is 6.62. The SMILES string of the molecule is CCCC(I)CCCC1CCC(c2ccc(OC)c(F)c2F)C(F)C1F. The molecule has 1 aliphatic carbocycles. The van der Waals surface area contributed by atoms with Crippen LogP contribution >= 0.6 is 22.6 Å². The van der Waals surface area contributed by atoms with E-state index in [1.165, 1.54) is 19.2 Å². The van der Waals surface area contributed by atoms with E-state index in [-0.39, 0.29) is 17.2 Å². The van der Waals surface area contributed by atoms with Crippen molar-refractivity contribution in [3.8, 4) is 5.75 Å². The fourth-order valence-electron chi connectivity index (χ4n) is 3.87. The first kappa shape index (κ1) is 21.8. The molecular formula is C20H27F4IO. The van der Waals surface area contributed by atoms with Gasteiger partial charge in [-0.3, -0.25) is 0 Å². The molecule has 1 aromatic rings. The minimum absolute atomic E-state index is 0.0906. The van der Waals surface area contributed by atoms with Crippen LogP contribution in [0.15, 0.2) is 12.1 Å². The molecule has 0 radical (unpaired) electrons. The first-order chi connectivity index (χ1) is 12.4. The summed E-state index contributed by atoms with van der Waals surface area (Å²) in [4.78, 5) is 0. The summed E-state index contributed by atoms with van der Waals surface area (Å²) in [7, 11) is 1.24. The Morgan fingerprint density at radius 3 is 2.50 bits per heavy atom. The van der Waals surface area contributed by atoms with Gasteiger partial charge in [0.2, 0.25) is 5.82 Å². The van der Waals surface area contributed by atoms with Gasteiger partial charge in [0.25, 0.3) is 0 Å². The third kappa shape index (κ3) is 5.04. The second-order valence-corrected chi connectivity index (χ2v) is 8.90. The van der Waals surface area contributed by atoms with Gasteiger partial charge in [-0.2, -0.15) is 4.39 Å². The zero-order valence-corrected chi connectivity index (χ0v) is 17.4. The molecule has 5 unspecified atom stereocenters. The Hall–Kier alpha value is -0.530. The molecule has 5 atom stereocenters. The number of ether oxygens (including phenoxy) is 1. The van der Waals surface area contributed by atoms with E-state index in [0.717, 1.165) is 25.7 Å². The molecule has 1 aromatic carbocycles. The summed E-state index contributed by atoms with van der Waals surface area (Å²) in [6, 6.07) is 2.58. The molecule has 1 nitrogen and oxygen atoms in total. The smallest absolute Gasteiger partial charge is 0.200 e. The van der Waals surface area contributed by atoms with Crippen LogP contribution in [0.2, 0.25) is 0 Å². The lowest BCUT2D eigenvalue weighted by Crippen LogP contribution is -2.37. The highest BCUT2D eigenvalue weighted by molar-refractivity contribution is 14.1. The van der Waals surface area contributed by atoms with Gasteiger partial charge in [0, 0.05) is 9.84 Å². The molecule has 0 saturated heterocycles. The van der Waals surface area contributed by atoms with E-state index in [9.17, 15) is 17.6 Å². The first-order valence-electron chi connectivity index (χ1n) is 9.34. The fourth-order valence-corrected chi connectivity index (χ4v) is 4.94. The Balaban J connectivity index is 1.99. The van der Waals surface area contributed by atoms with Gasteiger partial charge in [0.05, 0.1) is 7.11 Å². The monoisotopic (exact) mass is 486 g/mol. The number of halogens is 5. The fraction of sp³-hybridized carbons (Fsp3) is 0.700. The number of methoxy groups -OCH3 is 1. The molecule has 2 rings (SSSR count). The largest absolute Gasteiger partial charge is 0.494 e. The molecule has 0 heterocycles. The maximum atomic E-state index is 14.7. The third-order valence-electron chi connectivity index (χ3n) is 5.38. The van der Waals surface area contributed by atoms with E-state index >= 15 is 0 Å². The molecule has 0 N–H and O–H groups in total. The van der Waals surface area contributed by atoms with Crippen LogP contribution in [0.5, 0.6) is 5.75 Å². The Morgan fingerprint density at radius 2 is 1.85 bits per heavy atom. The number of rotatable bonds is 8. The van der Waals surface area contributed by atoms with Crippen molar-refractivity contribution in [1.29, 1.82) is 0 Å². The maximum absolute atomic E-state index is 14.7. The minimum atomic E-state index is -1.80. The molecule has 0 aliphatic heterocycles. The van der Waals surface area contributed by atoms with E-state index in [4.69, 9.17) is 4.74 Å². The molecule has 6 heteroatoms. The standard InChI is InChI=1S/C20H27F4IO/c1-3-5-13(25)7-4-6-12-8-9-14(18(22)17(12)21)15-10-11-16(26-2)20(24)19(15)23/h10-14,17-18H,3-9H2,1-2H3. The van der Waals surface area contributed by atoms with Crippen LogP contribution in [0.4, 0.5) is 17.6 Å². The second-order valence-electron chi connectivity index (χ2n) is 7.13. The van der Waals surface area contributed by atoms with Crippen LogP contribution in [0, 0.1) is 17.6 Å². The highest BCUT2D eigenvalue weighted by Gasteiger charge is 2.42. The number of hydrogen-bond acceptors (Lipinski definition) is 1. The van der Waals surface area contributed by atoms with Crippen molar-refractivity contribution in [3.63, 3.8) is 0 Å². The lowest BCUT2D eigenvalue weighted by molar-refractivity contribution is 0.0436. The van der Waals surface area contributed by atoms with Gasteiger partial charge in [0.15, 0.2) is 11.6 Å².